The number of carbonyl (C=O) groups is 1. The van der Waals surface area contributed by atoms with E-state index in [4.69, 9.17) is 0 Å². The number of aromatic nitrogens is 3. The van der Waals surface area contributed by atoms with Gasteiger partial charge in [-0.1, -0.05) is 25.0 Å². The van der Waals surface area contributed by atoms with E-state index in [1.807, 2.05) is 36.0 Å². The molecule has 0 radical (unpaired) electrons. The Morgan fingerprint density at radius 3 is 3.04 bits per heavy atom. The topological polar surface area (TPSA) is 71.8 Å². The minimum atomic E-state index is -0.0906. The Morgan fingerprint density at radius 2 is 2.25 bits per heavy atom. The molecule has 1 heterocycles. The summed E-state index contributed by atoms with van der Waals surface area (Å²) in [6.45, 7) is 0.491. The van der Waals surface area contributed by atoms with Crippen LogP contribution < -0.4 is 10.6 Å². The van der Waals surface area contributed by atoms with Gasteiger partial charge in [0.2, 0.25) is 0 Å². The molecule has 2 amide bonds. The van der Waals surface area contributed by atoms with Crippen LogP contribution in [-0.4, -0.2) is 38.3 Å². The van der Waals surface area contributed by atoms with E-state index >= 15 is 0 Å². The Labute approximate surface area is 146 Å². The zero-order chi connectivity index (χ0) is 16.8. The molecule has 0 aliphatic heterocycles. The van der Waals surface area contributed by atoms with Crippen LogP contribution in [0.25, 0.3) is 5.69 Å². The highest BCUT2D eigenvalue weighted by atomic mass is 32.2. The van der Waals surface area contributed by atoms with E-state index in [-0.39, 0.29) is 12.1 Å². The van der Waals surface area contributed by atoms with Crippen LogP contribution >= 0.6 is 11.8 Å². The predicted molar refractivity (Wildman–Crippen MR) is 96.3 cm³/mol. The summed E-state index contributed by atoms with van der Waals surface area (Å²) in [6.07, 6.45) is 10.0. The first-order chi connectivity index (χ1) is 11.8. The molecule has 2 atom stereocenters. The number of hydrogen-bond acceptors (Lipinski definition) is 4. The number of benzene rings is 1. The second-order valence-corrected chi connectivity index (χ2v) is 7.08. The zero-order valence-electron chi connectivity index (χ0n) is 13.8. The highest BCUT2D eigenvalue weighted by Crippen LogP contribution is 2.27. The van der Waals surface area contributed by atoms with Crippen molar-refractivity contribution in [3.05, 3.63) is 42.5 Å². The van der Waals surface area contributed by atoms with Crippen LogP contribution in [-0.2, 0) is 6.54 Å². The number of rotatable bonds is 5. The molecular weight excluding hydrogens is 322 g/mol. The lowest BCUT2D eigenvalue weighted by molar-refractivity contribution is 0.233. The summed E-state index contributed by atoms with van der Waals surface area (Å²) >= 11 is 1.85. The summed E-state index contributed by atoms with van der Waals surface area (Å²) < 4.78 is 1.70. The number of urea groups is 1. The minimum Gasteiger partial charge on any atom is -0.334 e. The average Bonchev–Trinajstić information content (AvgIpc) is 3.15. The molecular formula is C17H23N5OS. The van der Waals surface area contributed by atoms with Crippen molar-refractivity contribution in [2.75, 3.05) is 6.26 Å². The van der Waals surface area contributed by atoms with Gasteiger partial charge < -0.3 is 10.6 Å². The van der Waals surface area contributed by atoms with Crippen molar-refractivity contribution < 1.29 is 4.79 Å². The van der Waals surface area contributed by atoms with Crippen LogP contribution in [0.1, 0.15) is 31.2 Å². The SMILES string of the molecule is CS[C@H]1CCCC[C@H]1NC(=O)NCc1cccc(-n2cncn2)c1. The number of nitrogens with one attached hydrogen (secondary N) is 2. The average molecular weight is 345 g/mol. The zero-order valence-corrected chi connectivity index (χ0v) is 14.6. The second-order valence-electron chi connectivity index (χ2n) is 6.00. The molecule has 24 heavy (non-hydrogen) atoms. The van der Waals surface area contributed by atoms with Gasteiger partial charge in [-0.05, 0) is 36.8 Å². The molecule has 128 valence electrons. The lowest BCUT2D eigenvalue weighted by atomic mass is 9.95. The molecule has 1 aromatic carbocycles. The van der Waals surface area contributed by atoms with Crippen LogP contribution in [0.15, 0.2) is 36.9 Å². The van der Waals surface area contributed by atoms with Crippen LogP contribution in [0.4, 0.5) is 4.79 Å². The molecule has 1 aliphatic carbocycles. The van der Waals surface area contributed by atoms with Crippen molar-refractivity contribution in [2.45, 2.75) is 43.5 Å². The molecule has 0 unspecified atom stereocenters. The van der Waals surface area contributed by atoms with Crippen molar-refractivity contribution in [1.82, 2.24) is 25.4 Å². The fraction of sp³-hybridized carbons (Fsp3) is 0.471. The molecule has 1 aliphatic rings. The van der Waals surface area contributed by atoms with E-state index < -0.39 is 0 Å². The Kier molecular flexibility index (Phi) is 5.74. The lowest BCUT2D eigenvalue weighted by Gasteiger charge is -2.30. The van der Waals surface area contributed by atoms with Gasteiger partial charge in [0.1, 0.15) is 12.7 Å². The van der Waals surface area contributed by atoms with Crippen LogP contribution in [0, 0.1) is 0 Å². The maximum Gasteiger partial charge on any atom is 0.315 e. The van der Waals surface area contributed by atoms with Gasteiger partial charge in [0.05, 0.1) is 5.69 Å². The van der Waals surface area contributed by atoms with Gasteiger partial charge in [0.15, 0.2) is 0 Å². The van der Waals surface area contributed by atoms with Gasteiger partial charge >= 0.3 is 6.03 Å². The molecule has 0 spiro atoms. The Morgan fingerprint density at radius 1 is 1.38 bits per heavy atom. The predicted octanol–water partition coefficient (Wildman–Crippen LogP) is 2.74. The summed E-state index contributed by atoms with van der Waals surface area (Å²) in [6, 6.07) is 8.09. The van der Waals surface area contributed by atoms with Gasteiger partial charge in [-0.25, -0.2) is 14.5 Å². The standard InChI is InChI=1S/C17H23N5OS/c1-24-16-8-3-2-7-15(16)21-17(23)19-10-13-5-4-6-14(9-13)22-12-18-11-20-22/h4-6,9,11-12,15-16H,2-3,7-8,10H2,1H3,(H2,19,21,23)/t15-,16+/m1/s1. The highest BCUT2D eigenvalue weighted by molar-refractivity contribution is 7.99. The normalized spacial score (nSPS) is 20.5. The number of hydrogen-bond donors (Lipinski definition) is 2. The largest absolute Gasteiger partial charge is 0.334 e. The van der Waals surface area contributed by atoms with E-state index in [0.29, 0.717) is 11.8 Å². The van der Waals surface area contributed by atoms with Gasteiger partial charge in [0, 0.05) is 17.8 Å². The third-order valence-electron chi connectivity index (χ3n) is 4.37. The quantitative estimate of drug-likeness (QED) is 0.874. The smallest absolute Gasteiger partial charge is 0.315 e. The third-order valence-corrected chi connectivity index (χ3v) is 5.54. The molecule has 1 aromatic heterocycles. The molecule has 1 saturated carbocycles. The Balaban J connectivity index is 1.53. The molecule has 2 aromatic rings. The van der Waals surface area contributed by atoms with E-state index in [1.165, 1.54) is 25.6 Å². The van der Waals surface area contributed by atoms with Crippen molar-refractivity contribution >= 4 is 17.8 Å². The first kappa shape index (κ1) is 16.8. The fourth-order valence-electron chi connectivity index (χ4n) is 3.10. The van der Waals surface area contributed by atoms with Gasteiger partial charge in [0.25, 0.3) is 0 Å². The summed E-state index contributed by atoms with van der Waals surface area (Å²) in [5.74, 6) is 0. The first-order valence-electron chi connectivity index (χ1n) is 8.27. The minimum absolute atomic E-state index is 0.0906. The van der Waals surface area contributed by atoms with Crippen molar-refractivity contribution in [3.63, 3.8) is 0 Å². The number of thioether (sulfide) groups is 1. The monoisotopic (exact) mass is 345 g/mol. The first-order valence-corrected chi connectivity index (χ1v) is 9.56. The van der Waals surface area contributed by atoms with Crippen molar-refractivity contribution in [2.24, 2.45) is 0 Å². The van der Waals surface area contributed by atoms with E-state index in [9.17, 15) is 4.79 Å². The molecule has 7 heteroatoms. The van der Waals surface area contributed by atoms with Crippen LogP contribution in [0.2, 0.25) is 0 Å². The Hall–Kier alpha value is -2.02. The van der Waals surface area contributed by atoms with E-state index in [2.05, 4.69) is 27.0 Å². The molecule has 2 N–H and O–H groups in total. The second kappa shape index (κ2) is 8.19. The number of carbonyl (C=O) groups excluding carboxylic acids is 1. The molecule has 0 bridgehead atoms. The molecule has 3 rings (SSSR count). The van der Waals surface area contributed by atoms with Gasteiger partial charge in [-0.15, -0.1) is 0 Å². The number of nitrogens with zero attached hydrogens (tertiary/aromatic N) is 3. The summed E-state index contributed by atoms with van der Waals surface area (Å²) in [5, 5.41) is 10.7. The van der Waals surface area contributed by atoms with E-state index in [1.54, 1.807) is 11.0 Å². The number of amides is 2. The molecule has 6 nitrogen and oxygen atoms in total. The van der Waals surface area contributed by atoms with Crippen molar-refractivity contribution in [1.29, 1.82) is 0 Å². The van der Waals surface area contributed by atoms with Crippen molar-refractivity contribution in [3.8, 4) is 5.69 Å². The summed E-state index contributed by atoms with van der Waals surface area (Å²) in [4.78, 5) is 16.2. The molecule has 0 saturated heterocycles. The fourth-order valence-corrected chi connectivity index (χ4v) is 4.03. The van der Waals surface area contributed by atoms with Crippen LogP contribution in [0.3, 0.4) is 0 Å². The molecule has 1 fully saturated rings. The highest BCUT2D eigenvalue weighted by Gasteiger charge is 2.25. The lowest BCUT2D eigenvalue weighted by Crippen LogP contribution is -2.47. The summed E-state index contributed by atoms with van der Waals surface area (Å²) in [5.41, 5.74) is 1.96. The third kappa shape index (κ3) is 4.29. The maximum atomic E-state index is 12.2. The summed E-state index contributed by atoms with van der Waals surface area (Å²) in [7, 11) is 0. The Bertz CT molecular complexity index is 661. The van der Waals surface area contributed by atoms with Crippen LogP contribution in [0.5, 0.6) is 0 Å². The van der Waals surface area contributed by atoms with E-state index in [0.717, 1.165) is 17.7 Å². The maximum absolute atomic E-state index is 12.2. The van der Waals surface area contributed by atoms with Gasteiger partial charge in [-0.3, -0.25) is 0 Å². The van der Waals surface area contributed by atoms with Gasteiger partial charge in [-0.2, -0.15) is 16.9 Å².